The largest absolute Gasteiger partial charge is 0.356 e. The van der Waals surface area contributed by atoms with E-state index < -0.39 is 0 Å². The predicted molar refractivity (Wildman–Crippen MR) is 99.8 cm³/mol. The Morgan fingerprint density at radius 1 is 0.652 bits per heavy atom. The number of benzene rings is 3. The highest BCUT2D eigenvalue weighted by Crippen LogP contribution is 2.19. The summed E-state index contributed by atoms with van der Waals surface area (Å²) in [5.74, 6) is 0. The fourth-order valence-electron chi connectivity index (χ4n) is 2.17. The first-order valence-electron chi connectivity index (χ1n) is 7.58. The van der Waals surface area contributed by atoms with Crippen molar-refractivity contribution < 1.29 is 0 Å². The Morgan fingerprint density at radius 2 is 1.26 bits per heavy atom. The highest BCUT2D eigenvalue weighted by molar-refractivity contribution is 5.80. The number of hydrogen-bond acceptors (Lipinski definition) is 2. The molecule has 1 N–H and O–H groups in total. The van der Waals surface area contributed by atoms with Gasteiger partial charge in [-0.1, -0.05) is 54.6 Å². The zero-order valence-electron chi connectivity index (χ0n) is 12.8. The van der Waals surface area contributed by atoms with Gasteiger partial charge in [0.05, 0.1) is 5.69 Å². The Kier molecular flexibility index (Phi) is 4.99. The van der Waals surface area contributed by atoms with Crippen molar-refractivity contribution in [1.82, 2.24) is 0 Å². The van der Waals surface area contributed by atoms with Gasteiger partial charge in [-0.15, -0.1) is 0 Å². The summed E-state index contributed by atoms with van der Waals surface area (Å²) < 4.78 is 0. The first-order chi connectivity index (χ1) is 11.4. The van der Waals surface area contributed by atoms with E-state index in [1.807, 2.05) is 91.2 Å². The number of nitrogens with one attached hydrogen (secondary N) is 1. The number of rotatable bonds is 5. The fraction of sp³-hybridized carbons (Fsp3) is 0. The maximum atomic E-state index is 4.43. The molecule has 0 aliphatic rings. The Morgan fingerprint density at radius 3 is 1.96 bits per heavy atom. The first-order valence-corrected chi connectivity index (χ1v) is 7.58. The van der Waals surface area contributed by atoms with Crippen LogP contribution in [0.2, 0.25) is 0 Å². The van der Waals surface area contributed by atoms with Gasteiger partial charge in [-0.3, -0.25) is 4.99 Å². The van der Waals surface area contributed by atoms with E-state index in [9.17, 15) is 0 Å². The second-order valence-corrected chi connectivity index (χ2v) is 5.09. The van der Waals surface area contributed by atoms with E-state index in [4.69, 9.17) is 0 Å². The van der Waals surface area contributed by atoms with Crippen LogP contribution in [0, 0.1) is 0 Å². The van der Waals surface area contributed by atoms with Crippen molar-refractivity contribution >= 4 is 29.4 Å². The molecular weight excluding hydrogens is 280 g/mol. The molecule has 0 saturated heterocycles. The summed E-state index contributed by atoms with van der Waals surface area (Å²) in [6.45, 7) is 0. The Bertz CT molecular complexity index is 773. The quantitative estimate of drug-likeness (QED) is 0.587. The Labute approximate surface area is 136 Å². The molecule has 23 heavy (non-hydrogen) atoms. The van der Waals surface area contributed by atoms with E-state index in [1.165, 1.54) is 5.56 Å². The predicted octanol–water partition coefficient (Wildman–Crippen LogP) is 5.85. The lowest BCUT2D eigenvalue weighted by molar-refractivity contribution is 1.50. The molecule has 0 radical (unpaired) electrons. The van der Waals surface area contributed by atoms with Crippen molar-refractivity contribution in [2.45, 2.75) is 0 Å². The minimum absolute atomic E-state index is 0.932. The summed E-state index contributed by atoms with van der Waals surface area (Å²) in [5.41, 5.74) is 4.23. The number of aliphatic imine (C=N–C) groups is 1. The highest BCUT2D eigenvalue weighted by atomic mass is 14.9. The molecule has 0 aromatic heterocycles. The summed E-state index contributed by atoms with van der Waals surface area (Å²) in [5, 5.41) is 3.35. The van der Waals surface area contributed by atoms with E-state index in [1.54, 1.807) is 0 Å². The lowest BCUT2D eigenvalue weighted by atomic mass is 10.2. The van der Waals surface area contributed by atoms with E-state index >= 15 is 0 Å². The van der Waals surface area contributed by atoms with Gasteiger partial charge in [-0.05, 0) is 48.0 Å². The second-order valence-electron chi connectivity index (χ2n) is 5.09. The molecule has 0 atom stereocenters. The number of para-hydroxylation sites is 1. The van der Waals surface area contributed by atoms with Gasteiger partial charge in [0.25, 0.3) is 0 Å². The molecule has 0 amide bonds. The van der Waals surface area contributed by atoms with Crippen LogP contribution in [-0.2, 0) is 0 Å². The van der Waals surface area contributed by atoms with Crippen molar-refractivity contribution in [3.05, 3.63) is 96.6 Å². The van der Waals surface area contributed by atoms with Gasteiger partial charge in [-0.2, -0.15) is 0 Å². The molecule has 2 heteroatoms. The third kappa shape index (κ3) is 4.68. The van der Waals surface area contributed by atoms with Crippen LogP contribution in [0.1, 0.15) is 5.56 Å². The standard InChI is InChI=1S/C21H18N2/c1-3-8-18(9-4-1)10-7-17-22-19-13-15-21(16-14-19)23-20-11-5-2-6-12-20/h1-17,23H/b10-7-,22-17?. The smallest absolute Gasteiger partial charge is 0.0631 e. The van der Waals surface area contributed by atoms with E-state index in [-0.39, 0.29) is 0 Å². The van der Waals surface area contributed by atoms with Crippen LogP contribution < -0.4 is 5.32 Å². The molecule has 3 aromatic rings. The van der Waals surface area contributed by atoms with Gasteiger partial charge < -0.3 is 5.32 Å². The number of allylic oxidation sites excluding steroid dienone is 1. The molecule has 0 spiro atoms. The third-order valence-corrected chi connectivity index (χ3v) is 3.33. The van der Waals surface area contributed by atoms with Gasteiger partial charge in [-0.25, -0.2) is 0 Å². The Hall–Kier alpha value is -3.13. The molecule has 0 aliphatic carbocycles. The monoisotopic (exact) mass is 298 g/mol. The highest BCUT2D eigenvalue weighted by Gasteiger charge is 1.93. The lowest BCUT2D eigenvalue weighted by Crippen LogP contribution is -1.88. The van der Waals surface area contributed by atoms with Crippen LogP contribution >= 0.6 is 0 Å². The molecular formula is C21H18N2. The van der Waals surface area contributed by atoms with Crippen molar-refractivity contribution in [3.63, 3.8) is 0 Å². The van der Waals surface area contributed by atoms with Crippen molar-refractivity contribution in [1.29, 1.82) is 0 Å². The molecule has 0 bridgehead atoms. The second kappa shape index (κ2) is 7.76. The molecule has 3 rings (SSSR count). The average molecular weight is 298 g/mol. The molecule has 0 fully saturated rings. The van der Waals surface area contributed by atoms with Gasteiger partial charge in [0.2, 0.25) is 0 Å². The summed E-state index contributed by atoms with van der Waals surface area (Å²) in [6.07, 6.45) is 5.80. The zero-order valence-corrected chi connectivity index (χ0v) is 12.8. The average Bonchev–Trinajstić information content (AvgIpc) is 2.62. The molecule has 3 aromatic carbocycles. The third-order valence-electron chi connectivity index (χ3n) is 3.33. The molecule has 0 saturated carbocycles. The van der Waals surface area contributed by atoms with E-state index in [0.29, 0.717) is 0 Å². The van der Waals surface area contributed by atoms with Crippen molar-refractivity contribution in [2.75, 3.05) is 5.32 Å². The lowest BCUT2D eigenvalue weighted by Gasteiger charge is -2.05. The van der Waals surface area contributed by atoms with Gasteiger partial charge >= 0.3 is 0 Å². The summed E-state index contributed by atoms with van der Waals surface area (Å²) in [7, 11) is 0. The summed E-state index contributed by atoms with van der Waals surface area (Å²) in [4.78, 5) is 4.43. The fourth-order valence-corrected chi connectivity index (χ4v) is 2.17. The van der Waals surface area contributed by atoms with Crippen molar-refractivity contribution in [3.8, 4) is 0 Å². The number of anilines is 2. The molecule has 0 aliphatic heterocycles. The van der Waals surface area contributed by atoms with Crippen LogP contribution in [0.4, 0.5) is 17.1 Å². The van der Waals surface area contributed by atoms with E-state index in [0.717, 1.165) is 17.1 Å². The van der Waals surface area contributed by atoms with Crippen molar-refractivity contribution in [2.24, 2.45) is 4.99 Å². The maximum absolute atomic E-state index is 4.43. The first kappa shape index (κ1) is 14.8. The van der Waals surface area contributed by atoms with Crippen LogP contribution in [0.3, 0.4) is 0 Å². The minimum Gasteiger partial charge on any atom is -0.356 e. The summed E-state index contributed by atoms with van der Waals surface area (Å²) >= 11 is 0. The van der Waals surface area contributed by atoms with Crippen LogP contribution in [0.15, 0.2) is 96.0 Å². The normalized spacial score (nSPS) is 11.1. The van der Waals surface area contributed by atoms with Crippen LogP contribution in [0.5, 0.6) is 0 Å². The molecule has 0 heterocycles. The van der Waals surface area contributed by atoms with Gasteiger partial charge in [0.1, 0.15) is 0 Å². The van der Waals surface area contributed by atoms with Gasteiger partial charge in [0, 0.05) is 17.6 Å². The number of hydrogen-bond donors (Lipinski definition) is 1. The molecule has 0 unspecified atom stereocenters. The minimum atomic E-state index is 0.932. The van der Waals surface area contributed by atoms with Crippen LogP contribution in [-0.4, -0.2) is 6.21 Å². The number of nitrogens with zero attached hydrogens (tertiary/aromatic N) is 1. The maximum Gasteiger partial charge on any atom is 0.0631 e. The topological polar surface area (TPSA) is 24.4 Å². The molecule has 112 valence electrons. The molecule has 2 nitrogen and oxygen atoms in total. The van der Waals surface area contributed by atoms with Gasteiger partial charge in [0.15, 0.2) is 0 Å². The Balaban J connectivity index is 1.59. The van der Waals surface area contributed by atoms with Crippen LogP contribution in [0.25, 0.3) is 6.08 Å². The zero-order chi connectivity index (χ0) is 15.7. The summed E-state index contributed by atoms with van der Waals surface area (Å²) in [6, 6.07) is 28.4. The van der Waals surface area contributed by atoms with E-state index in [2.05, 4.69) is 22.4 Å². The SMILES string of the molecule is C(/C=C\c1ccccc1)=Nc1ccc(Nc2ccccc2)cc1.